The summed E-state index contributed by atoms with van der Waals surface area (Å²) in [5, 5.41) is 13.0. The zero-order valence-electron chi connectivity index (χ0n) is 16.7. The predicted octanol–water partition coefficient (Wildman–Crippen LogP) is 0.974. The first-order valence-corrected chi connectivity index (χ1v) is 10.1. The van der Waals surface area contributed by atoms with Gasteiger partial charge in [0.15, 0.2) is 0 Å². The molecule has 4 rings (SSSR count). The molecule has 6 N–H and O–H groups in total. The van der Waals surface area contributed by atoms with Crippen molar-refractivity contribution >= 4 is 11.9 Å². The molecule has 0 saturated carbocycles. The van der Waals surface area contributed by atoms with Gasteiger partial charge in [-0.1, -0.05) is 18.2 Å². The minimum Gasteiger partial charge on any atom is -0.489 e. The normalized spacial score (nSPS) is 19.1. The number of fused-ring (bicyclic) bond motifs is 1. The number of aliphatic carboxylic acids is 1. The highest BCUT2D eigenvalue weighted by molar-refractivity contribution is 5.75. The van der Waals surface area contributed by atoms with Crippen molar-refractivity contribution in [3.8, 4) is 11.5 Å². The second-order valence-electron chi connectivity index (χ2n) is 7.66. The highest BCUT2D eigenvalue weighted by Gasteiger charge is 2.24. The third kappa shape index (κ3) is 4.49. The fourth-order valence-electron chi connectivity index (χ4n) is 3.87. The first-order valence-electron chi connectivity index (χ1n) is 10.1. The molecule has 2 aromatic carbocycles. The Morgan fingerprint density at radius 3 is 2.57 bits per heavy atom. The molecule has 2 aromatic rings. The Kier molecular flexibility index (Phi) is 5.76. The van der Waals surface area contributed by atoms with Crippen molar-refractivity contribution in [3.63, 3.8) is 0 Å². The lowest BCUT2D eigenvalue weighted by Crippen LogP contribution is -2.38. The van der Waals surface area contributed by atoms with Crippen molar-refractivity contribution in [2.75, 3.05) is 19.6 Å². The van der Waals surface area contributed by atoms with Crippen molar-refractivity contribution in [2.45, 2.75) is 31.6 Å². The van der Waals surface area contributed by atoms with E-state index >= 15 is 0 Å². The summed E-state index contributed by atoms with van der Waals surface area (Å²) in [5.74, 6) is 0.450. The Morgan fingerprint density at radius 1 is 1.13 bits per heavy atom. The van der Waals surface area contributed by atoms with Gasteiger partial charge in [0.2, 0.25) is 6.10 Å². The quantitative estimate of drug-likeness (QED) is 0.413. The number of rotatable bonds is 6. The molecule has 0 spiro atoms. The number of benzene rings is 2. The number of carbonyl (C=O) groups is 1. The molecule has 2 aliphatic heterocycles. The average Bonchev–Trinajstić information content (AvgIpc) is 3.25. The van der Waals surface area contributed by atoms with Crippen LogP contribution in [0.3, 0.4) is 0 Å². The Balaban J connectivity index is 1.49. The average molecular weight is 411 g/mol. The van der Waals surface area contributed by atoms with Crippen LogP contribution in [0.4, 0.5) is 0 Å². The van der Waals surface area contributed by atoms with Crippen LogP contribution in [0.15, 0.2) is 42.5 Å². The summed E-state index contributed by atoms with van der Waals surface area (Å²) < 4.78 is 13.6. The van der Waals surface area contributed by atoms with Gasteiger partial charge in [0.05, 0.1) is 13.1 Å². The minimum absolute atomic E-state index is 0.150. The van der Waals surface area contributed by atoms with Crippen molar-refractivity contribution in [3.05, 3.63) is 59.2 Å². The second kappa shape index (κ2) is 8.62. The Morgan fingerprint density at radius 2 is 1.90 bits per heavy atom. The Hall–Kier alpha value is -3.26. The maximum atomic E-state index is 11.9. The first kappa shape index (κ1) is 20.0. The Bertz CT molecular complexity index is 948. The molecule has 0 amide bonds. The van der Waals surface area contributed by atoms with Crippen molar-refractivity contribution in [2.24, 2.45) is 11.5 Å². The maximum absolute atomic E-state index is 11.9. The standard InChI is InChI=1S/C22H26N4O4/c23-22(24)26-10-8-14-1-6-18(11-16(14)13-26)30-20(21(27)28)15-2-4-17(5-3-15)29-19-7-9-25-12-19/h1-6,11,19-20,25H,7-10,12-13H2,(H4,23,24,27,28)/p+1/t19-,20?/m0/s1. The predicted molar refractivity (Wildman–Crippen MR) is 112 cm³/mol. The zero-order chi connectivity index (χ0) is 21.1. The molecule has 2 atom stereocenters. The number of hydrogen-bond donors (Lipinski definition) is 4. The number of nitrogens with two attached hydrogens (primary N) is 2. The Labute approximate surface area is 175 Å². The highest BCUT2D eigenvalue weighted by atomic mass is 16.5. The summed E-state index contributed by atoms with van der Waals surface area (Å²) in [6.45, 7) is 3.12. The summed E-state index contributed by atoms with van der Waals surface area (Å²) in [6.07, 6.45) is 0.827. The monoisotopic (exact) mass is 411 g/mol. The molecule has 0 radical (unpaired) electrons. The van der Waals surface area contributed by atoms with E-state index in [0.717, 1.165) is 43.8 Å². The van der Waals surface area contributed by atoms with Gasteiger partial charge in [-0.05, 0) is 48.4 Å². The molecule has 0 aliphatic carbocycles. The van der Waals surface area contributed by atoms with E-state index in [4.69, 9.17) is 20.9 Å². The van der Waals surface area contributed by atoms with Crippen LogP contribution in [0.5, 0.6) is 11.5 Å². The number of ether oxygens (including phenoxy) is 2. The molecule has 2 heterocycles. The summed E-state index contributed by atoms with van der Waals surface area (Å²) in [5.41, 5.74) is 14.2. The van der Waals surface area contributed by atoms with Crippen LogP contribution in [-0.4, -0.2) is 47.3 Å². The largest absolute Gasteiger partial charge is 0.489 e. The molecule has 0 aromatic heterocycles. The van der Waals surface area contributed by atoms with E-state index < -0.39 is 12.1 Å². The lowest BCUT2D eigenvalue weighted by Gasteiger charge is -2.21. The second-order valence-corrected chi connectivity index (χ2v) is 7.66. The number of nitrogens with zero attached hydrogens (tertiary/aromatic N) is 1. The van der Waals surface area contributed by atoms with E-state index in [1.54, 1.807) is 24.3 Å². The van der Waals surface area contributed by atoms with Gasteiger partial charge in [0, 0.05) is 18.5 Å². The lowest BCUT2D eigenvalue weighted by atomic mass is 10.0. The molecule has 8 heteroatoms. The van der Waals surface area contributed by atoms with Gasteiger partial charge in [-0.2, -0.15) is 0 Å². The van der Waals surface area contributed by atoms with E-state index in [9.17, 15) is 9.90 Å². The van der Waals surface area contributed by atoms with Gasteiger partial charge in [-0.3, -0.25) is 16.0 Å². The van der Waals surface area contributed by atoms with E-state index in [2.05, 4.69) is 5.32 Å². The van der Waals surface area contributed by atoms with Crippen LogP contribution in [-0.2, 0) is 17.8 Å². The minimum atomic E-state index is -1.11. The molecule has 0 bridgehead atoms. The van der Waals surface area contributed by atoms with Gasteiger partial charge in [0.25, 0.3) is 0 Å². The van der Waals surface area contributed by atoms with Gasteiger partial charge in [-0.25, -0.2) is 4.79 Å². The molecule has 1 unspecified atom stereocenters. The maximum Gasteiger partial charge on any atom is 0.349 e. The number of carboxylic acids is 1. The molecule has 30 heavy (non-hydrogen) atoms. The molecule has 2 aliphatic rings. The first-order chi connectivity index (χ1) is 14.5. The van der Waals surface area contributed by atoms with Gasteiger partial charge >= 0.3 is 11.9 Å². The molecular weight excluding hydrogens is 384 g/mol. The van der Waals surface area contributed by atoms with E-state index in [0.29, 0.717) is 17.9 Å². The summed E-state index contributed by atoms with van der Waals surface area (Å²) in [7, 11) is 0. The molecule has 1 fully saturated rings. The lowest BCUT2D eigenvalue weighted by molar-refractivity contribution is -0.549. The third-order valence-electron chi connectivity index (χ3n) is 5.53. The third-order valence-corrected chi connectivity index (χ3v) is 5.53. The summed E-state index contributed by atoms with van der Waals surface area (Å²) >= 11 is 0. The topological polar surface area (TPSA) is 123 Å². The molecular formula is C22H27N4O4+. The van der Waals surface area contributed by atoms with Crippen molar-refractivity contribution < 1.29 is 24.0 Å². The fourth-order valence-corrected chi connectivity index (χ4v) is 3.87. The van der Waals surface area contributed by atoms with E-state index in [-0.39, 0.29) is 12.1 Å². The van der Waals surface area contributed by atoms with Crippen LogP contribution in [0.2, 0.25) is 0 Å². The van der Waals surface area contributed by atoms with Gasteiger partial charge in [0.1, 0.15) is 17.6 Å². The zero-order valence-corrected chi connectivity index (χ0v) is 16.7. The van der Waals surface area contributed by atoms with Crippen LogP contribution in [0.25, 0.3) is 0 Å². The molecule has 158 valence electrons. The summed E-state index contributed by atoms with van der Waals surface area (Å²) in [4.78, 5) is 11.9. The number of hydrogen-bond acceptors (Lipinski definition) is 4. The summed E-state index contributed by atoms with van der Waals surface area (Å²) in [6, 6.07) is 12.7. The van der Waals surface area contributed by atoms with Crippen LogP contribution in [0, 0.1) is 0 Å². The number of nitrogens with one attached hydrogen (secondary N) is 1. The van der Waals surface area contributed by atoms with Crippen LogP contribution in [0.1, 0.15) is 29.2 Å². The van der Waals surface area contributed by atoms with Gasteiger partial charge < -0.3 is 19.9 Å². The van der Waals surface area contributed by atoms with Crippen LogP contribution < -0.4 is 26.3 Å². The number of guanidine groups is 1. The molecule has 8 nitrogen and oxygen atoms in total. The van der Waals surface area contributed by atoms with Gasteiger partial charge in [-0.15, -0.1) is 0 Å². The van der Waals surface area contributed by atoms with Crippen LogP contribution >= 0.6 is 0 Å². The van der Waals surface area contributed by atoms with E-state index in [1.165, 1.54) is 5.56 Å². The van der Waals surface area contributed by atoms with E-state index in [1.807, 2.05) is 22.8 Å². The smallest absolute Gasteiger partial charge is 0.349 e. The SMILES string of the molecule is NC(N)=[N+]1CCc2ccc(OC(C(=O)O)c3ccc(O[C@H]4CCNC4)cc3)cc2C1. The van der Waals surface area contributed by atoms with Crippen molar-refractivity contribution in [1.82, 2.24) is 5.32 Å². The van der Waals surface area contributed by atoms with Crippen molar-refractivity contribution in [1.29, 1.82) is 0 Å². The highest BCUT2D eigenvalue weighted by Crippen LogP contribution is 2.28. The number of carboxylic acid groups (broad SMARTS) is 1. The molecule has 1 saturated heterocycles. The fraction of sp³-hybridized carbons (Fsp3) is 0.364.